The number of alkyl halides is 3. The molecule has 9 heteroatoms. The lowest BCUT2D eigenvalue weighted by Crippen LogP contribution is -2.37. The highest BCUT2D eigenvalue weighted by atomic mass is 19.4. The second-order valence-corrected chi connectivity index (χ2v) is 6.14. The molecule has 1 saturated heterocycles. The Morgan fingerprint density at radius 3 is 2.84 bits per heavy atom. The Kier molecular flexibility index (Phi) is 5.86. The molecule has 1 N–H and O–H groups in total. The number of carbonyl (C=O) groups is 2. The van der Waals surface area contributed by atoms with E-state index in [4.69, 9.17) is 4.74 Å². The minimum atomic E-state index is -4.47. The number of likely N-dealkylation sites (tertiary alicyclic amines) is 1. The van der Waals surface area contributed by atoms with Gasteiger partial charge in [0.05, 0.1) is 12.0 Å². The van der Waals surface area contributed by atoms with E-state index >= 15 is 0 Å². The predicted octanol–water partition coefficient (Wildman–Crippen LogP) is 1.90. The molecule has 0 spiro atoms. The summed E-state index contributed by atoms with van der Waals surface area (Å²) < 4.78 is 42.8. The molecule has 0 radical (unpaired) electrons. The van der Waals surface area contributed by atoms with Gasteiger partial charge in [0.2, 0.25) is 17.7 Å². The molecule has 6 nitrogen and oxygen atoms in total. The van der Waals surface area contributed by atoms with Crippen molar-refractivity contribution in [3.63, 3.8) is 0 Å². The Morgan fingerprint density at radius 1 is 1.48 bits per heavy atom. The SMILES string of the molecule is CC(C)Oc1ncccc1CNC(=O)C1CC(=O)N(CC(F)(F)F)C1. The highest BCUT2D eigenvalue weighted by Gasteiger charge is 2.40. The number of nitrogens with zero attached hydrogens (tertiary/aromatic N) is 2. The minimum Gasteiger partial charge on any atom is -0.475 e. The van der Waals surface area contributed by atoms with Gasteiger partial charge in [0.1, 0.15) is 6.54 Å². The Labute approximate surface area is 143 Å². The van der Waals surface area contributed by atoms with Gasteiger partial charge >= 0.3 is 6.18 Å². The van der Waals surface area contributed by atoms with Crippen molar-refractivity contribution in [2.24, 2.45) is 5.92 Å². The third-order valence-corrected chi connectivity index (χ3v) is 3.61. The van der Waals surface area contributed by atoms with Crippen LogP contribution in [0.2, 0.25) is 0 Å². The lowest BCUT2D eigenvalue weighted by atomic mass is 10.1. The zero-order chi connectivity index (χ0) is 18.6. The van der Waals surface area contributed by atoms with Crippen LogP contribution >= 0.6 is 0 Å². The highest BCUT2D eigenvalue weighted by Crippen LogP contribution is 2.24. The summed E-state index contributed by atoms with van der Waals surface area (Å²) in [4.78, 5) is 28.6. The van der Waals surface area contributed by atoms with Crippen LogP contribution in [0.1, 0.15) is 25.8 Å². The first-order valence-corrected chi connectivity index (χ1v) is 7.88. The summed E-state index contributed by atoms with van der Waals surface area (Å²) in [5, 5.41) is 2.64. The number of aromatic nitrogens is 1. The fourth-order valence-electron chi connectivity index (χ4n) is 2.53. The molecule has 25 heavy (non-hydrogen) atoms. The van der Waals surface area contributed by atoms with Crippen LogP contribution in [0.5, 0.6) is 5.88 Å². The summed E-state index contributed by atoms with van der Waals surface area (Å²) in [7, 11) is 0. The van der Waals surface area contributed by atoms with Gasteiger partial charge in [-0.2, -0.15) is 13.2 Å². The molecule has 1 aromatic rings. The lowest BCUT2D eigenvalue weighted by molar-refractivity contribution is -0.157. The largest absolute Gasteiger partial charge is 0.475 e. The van der Waals surface area contributed by atoms with Gasteiger partial charge in [-0.15, -0.1) is 0 Å². The zero-order valence-corrected chi connectivity index (χ0v) is 14.0. The summed E-state index contributed by atoms with van der Waals surface area (Å²) >= 11 is 0. The van der Waals surface area contributed by atoms with Crippen LogP contribution in [0.15, 0.2) is 18.3 Å². The van der Waals surface area contributed by atoms with Crippen molar-refractivity contribution in [1.29, 1.82) is 0 Å². The summed E-state index contributed by atoms with van der Waals surface area (Å²) in [6, 6.07) is 3.43. The van der Waals surface area contributed by atoms with Gasteiger partial charge in [-0.05, 0) is 19.9 Å². The summed E-state index contributed by atoms with van der Waals surface area (Å²) in [5.74, 6) is -1.53. The van der Waals surface area contributed by atoms with Gasteiger partial charge in [-0.1, -0.05) is 6.07 Å². The Bertz CT molecular complexity index is 635. The van der Waals surface area contributed by atoms with Crippen molar-refractivity contribution in [2.45, 2.75) is 39.1 Å². The average Bonchev–Trinajstić information content (AvgIpc) is 2.85. The maximum atomic E-state index is 12.4. The second-order valence-electron chi connectivity index (χ2n) is 6.14. The average molecular weight is 359 g/mol. The van der Waals surface area contributed by atoms with Crippen molar-refractivity contribution in [2.75, 3.05) is 13.1 Å². The molecule has 2 rings (SSSR count). The van der Waals surface area contributed by atoms with E-state index in [2.05, 4.69) is 10.3 Å². The first-order chi connectivity index (χ1) is 11.7. The number of amides is 2. The van der Waals surface area contributed by atoms with Crippen molar-refractivity contribution < 1.29 is 27.5 Å². The number of pyridine rings is 1. The first kappa shape index (κ1) is 19.0. The molecule has 138 valence electrons. The van der Waals surface area contributed by atoms with Crippen molar-refractivity contribution >= 4 is 11.8 Å². The van der Waals surface area contributed by atoms with Gasteiger partial charge < -0.3 is 15.0 Å². The Hall–Kier alpha value is -2.32. The maximum Gasteiger partial charge on any atom is 0.406 e. The van der Waals surface area contributed by atoms with Gasteiger partial charge in [0, 0.05) is 31.3 Å². The lowest BCUT2D eigenvalue weighted by Gasteiger charge is -2.18. The van der Waals surface area contributed by atoms with E-state index in [0.717, 1.165) is 0 Å². The molecule has 1 aliphatic heterocycles. The molecule has 0 aliphatic carbocycles. The molecule has 0 aromatic carbocycles. The smallest absolute Gasteiger partial charge is 0.406 e. The van der Waals surface area contributed by atoms with Crippen molar-refractivity contribution in [3.8, 4) is 5.88 Å². The molecule has 1 unspecified atom stereocenters. The molecule has 1 atom stereocenters. The van der Waals surface area contributed by atoms with E-state index in [0.29, 0.717) is 16.3 Å². The number of nitrogens with one attached hydrogen (secondary N) is 1. The molecule has 2 heterocycles. The van der Waals surface area contributed by atoms with Crippen LogP contribution in [0.25, 0.3) is 0 Å². The summed E-state index contributed by atoms with van der Waals surface area (Å²) in [5.41, 5.74) is 0.654. The van der Waals surface area contributed by atoms with E-state index in [1.165, 1.54) is 0 Å². The Morgan fingerprint density at radius 2 is 2.20 bits per heavy atom. The number of hydrogen-bond donors (Lipinski definition) is 1. The van der Waals surface area contributed by atoms with E-state index in [1.807, 2.05) is 13.8 Å². The molecular weight excluding hydrogens is 339 g/mol. The molecule has 2 amide bonds. The van der Waals surface area contributed by atoms with Crippen LogP contribution in [0, 0.1) is 5.92 Å². The topological polar surface area (TPSA) is 71.5 Å². The van der Waals surface area contributed by atoms with Crippen LogP contribution < -0.4 is 10.1 Å². The second kappa shape index (κ2) is 7.71. The van der Waals surface area contributed by atoms with E-state index in [-0.39, 0.29) is 25.6 Å². The molecular formula is C16H20F3N3O3. The first-order valence-electron chi connectivity index (χ1n) is 7.88. The number of rotatable bonds is 6. The predicted molar refractivity (Wildman–Crippen MR) is 82.6 cm³/mol. The number of hydrogen-bond acceptors (Lipinski definition) is 4. The maximum absolute atomic E-state index is 12.4. The van der Waals surface area contributed by atoms with Crippen molar-refractivity contribution in [3.05, 3.63) is 23.9 Å². The van der Waals surface area contributed by atoms with Crippen LogP contribution in [0.3, 0.4) is 0 Å². The van der Waals surface area contributed by atoms with E-state index in [1.54, 1.807) is 18.3 Å². The number of ether oxygens (including phenoxy) is 1. The van der Waals surface area contributed by atoms with Gasteiger partial charge in [-0.25, -0.2) is 4.98 Å². The fraction of sp³-hybridized carbons (Fsp3) is 0.562. The normalized spacial score (nSPS) is 17.9. The van der Waals surface area contributed by atoms with E-state index in [9.17, 15) is 22.8 Å². The van der Waals surface area contributed by atoms with Gasteiger partial charge in [0.15, 0.2) is 0 Å². The monoisotopic (exact) mass is 359 g/mol. The van der Waals surface area contributed by atoms with Crippen molar-refractivity contribution in [1.82, 2.24) is 15.2 Å². The third kappa shape index (κ3) is 5.61. The number of halogens is 3. The Balaban J connectivity index is 1.92. The molecule has 0 saturated carbocycles. The van der Waals surface area contributed by atoms with E-state index < -0.39 is 30.5 Å². The number of carbonyl (C=O) groups excluding carboxylic acids is 2. The van der Waals surface area contributed by atoms with Crippen LogP contribution in [0.4, 0.5) is 13.2 Å². The van der Waals surface area contributed by atoms with Crippen LogP contribution in [-0.2, 0) is 16.1 Å². The van der Waals surface area contributed by atoms with Gasteiger partial charge in [0.25, 0.3) is 0 Å². The van der Waals surface area contributed by atoms with Crippen LogP contribution in [-0.4, -0.2) is 47.1 Å². The minimum absolute atomic E-state index is 0.0901. The molecule has 1 aromatic heterocycles. The third-order valence-electron chi connectivity index (χ3n) is 3.61. The standard InChI is InChI=1S/C16H20F3N3O3/c1-10(2)25-15-11(4-3-5-20-15)7-21-14(24)12-6-13(23)22(8-12)9-16(17,18)19/h3-5,10,12H,6-9H2,1-2H3,(H,21,24). The zero-order valence-electron chi connectivity index (χ0n) is 14.0. The van der Waals surface area contributed by atoms with Gasteiger partial charge in [-0.3, -0.25) is 9.59 Å². The molecule has 0 bridgehead atoms. The highest BCUT2D eigenvalue weighted by molar-refractivity contribution is 5.89. The molecule has 1 aliphatic rings. The summed E-state index contributed by atoms with van der Waals surface area (Å²) in [6.07, 6.45) is -3.22. The fourth-order valence-corrected chi connectivity index (χ4v) is 2.53. The summed E-state index contributed by atoms with van der Waals surface area (Å²) in [6.45, 7) is 2.25. The quantitative estimate of drug-likeness (QED) is 0.842. The molecule has 1 fully saturated rings.